The van der Waals surface area contributed by atoms with E-state index < -0.39 is 5.97 Å². The van der Waals surface area contributed by atoms with E-state index in [9.17, 15) is 9.90 Å². The molecule has 1 aliphatic rings. The molecule has 0 fully saturated rings. The number of hydrogen-bond donors (Lipinski definition) is 2. The van der Waals surface area contributed by atoms with Crippen molar-refractivity contribution >= 4 is 50.2 Å². The van der Waals surface area contributed by atoms with Crippen molar-refractivity contribution in [2.24, 2.45) is 0 Å². The van der Waals surface area contributed by atoms with E-state index in [1.807, 2.05) is 29.7 Å². The maximum Gasteiger partial charge on any atom is 0.352 e. The van der Waals surface area contributed by atoms with E-state index in [1.54, 1.807) is 0 Å². The van der Waals surface area contributed by atoms with Gasteiger partial charge in [-0.05, 0) is 90.4 Å². The fourth-order valence-electron chi connectivity index (χ4n) is 5.77. The molecule has 0 saturated heterocycles. The van der Waals surface area contributed by atoms with Gasteiger partial charge in [-0.2, -0.15) is 5.10 Å². The number of halogens is 1. The zero-order valence-corrected chi connectivity index (χ0v) is 24.0. The summed E-state index contributed by atoms with van der Waals surface area (Å²) in [5, 5.41) is 21.3. The lowest BCUT2D eigenvalue weighted by molar-refractivity contribution is 0.0683. The molecular formula is C31H30IN3O4. The number of aryl methyl sites for hydroxylation is 3. The smallest absolute Gasteiger partial charge is 0.352 e. The molecule has 5 aromatic rings. The van der Waals surface area contributed by atoms with Gasteiger partial charge < -0.3 is 19.1 Å². The number of carbonyl (C=O) groups is 1. The van der Waals surface area contributed by atoms with Crippen molar-refractivity contribution in [3.8, 4) is 16.9 Å². The summed E-state index contributed by atoms with van der Waals surface area (Å²) in [6.45, 7) is 4.17. The topological polar surface area (TPSA) is 89.4 Å². The molecule has 7 nitrogen and oxygen atoms in total. The minimum Gasteiger partial charge on any atom is -0.493 e. The van der Waals surface area contributed by atoms with Gasteiger partial charge in [0.25, 0.3) is 0 Å². The van der Waals surface area contributed by atoms with Crippen molar-refractivity contribution in [3.63, 3.8) is 0 Å². The first-order valence-electron chi connectivity index (χ1n) is 13.3. The summed E-state index contributed by atoms with van der Waals surface area (Å²) >= 11 is 2.32. The summed E-state index contributed by atoms with van der Waals surface area (Å²) in [6.07, 6.45) is 3.00. The van der Waals surface area contributed by atoms with Gasteiger partial charge >= 0.3 is 5.97 Å². The Morgan fingerprint density at radius 1 is 1.15 bits per heavy atom. The van der Waals surface area contributed by atoms with Crippen molar-refractivity contribution in [2.45, 2.75) is 45.8 Å². The molecule has 0 saturated carbocycles. The predicted molar refractivity (Wildman–Crippen MR) is 161 cm³/mol. The lowest BCUT2D eigenvalue weighted by Crippen LogP contribution is -2.12. The third-order valence-electron chi connectivity index (χ3n) is 7.47. The molecule has 0 bridgehead atoms. The fraction of sp³-hybridized carbons (Fsp3) is 0.290. The van der Waals surface area contributed by atoms with Crippen LogP contribution in [0.3, 0.4) is 0 Å². The van der Waals surface area contributed by atoms with Gasteiger partial charge in [-0.3, -0.25) is 5.10 Å². The Kier molecular flexibility index (Phi) is 7.31. The van der Waals surface area contributed by atoms with Gasteiger partial charge in [0.05, 0.1) is 24.4 Å². The van der Waals surface area contributed by atoms with Crippen LogP contribution in [0.4, 0.5) is 0 Å². The highest BCUT2D eigenvalue weighted by Gasteiger charge is 2.26. The first-order chi connectivity index (χ1) is 19.0. The van der Waals surface area contributed by atoms with Gasteiger partial charge in [0.15, 0.2) is 0 Å². The number of H-pyrrole nitrogens is 1. The maximum atomic E-state index is 12.7. The molecule has 0 amide bonds. The molecule has 2 N–H and O–H groups in total. The summed E-state index contributed by atoms with van der Waals surface area (Å²) in [4.78, 5) is 12.7. The molecule has 0 unspecified atom stereocenters. The molecule has 8 heteroatoms. The lowest BCUT2D eigenvalue weighted by atomic mass is 9.98. The SMILES string of the molecule is Cc1[nH]nc2c1-c1cccc3c(CCCOc4cccc5cc(I)ccc45)c(C(=O)O)n(c13)CCCCOC2. The molecule has 0 aliphatic carbocycles. The number of carboxylic acids is 1. The van der Waals surface area contributed by atoms with Crippen molar-refractivity contribution in [1.29, 1.82) is 0 Å². The number of aromatic amines is 1. The number of rotatable bonds is 6. The van der Waals surface area contributed by atoms with Crippen molar-refractivity contribution in [3.05, 3.63) is 80.8 Å². The van der Waals surface area contributed by atoms with Crippen LogP contribution in [0.2, 0.25) is 0 Å². The van der Waals surface area contributed by atoms with E-state index in [2.05, 4.69) is 69.2 Å². The van der Waals surface area contributed by atoms with Crippen LogP contribution in [0.1, 0.15) is 46.7 Å². The van der Waals surface area contributed by atoms with Crippen LogP contribution in [0.5, 0.6) is 5.75 Å². The summed E-state index contributed by atoms with van der Waals surface area (Å²) in [6, 6.07) is 18.6. The monoisotopic (exact) mass is 635 g/mol. The van der Waals surface area contributed by atoms with E-state index in [4.69, 9.17) is 9.47 Å². The number of nitrogens with zero attached hydrogens (tertiary/aromatic N) is 2. The number of para-hydroxylation sites is 1. The molecular weight excluding hydrogens is 605 g/mol. The van der Waals surface area contributed by atoms with Crippen LogP contribution >= 0.6 is 22.6 Å². The van der Waals surface area contributed by atoms with Crippen LogP contribution in [0, 0.1) is 10.5 Å². The van der Waals surface area contributed by atoms with Crippen molar-refractivity contribution < 1.29 is 19.4 Å². The number of carboxylic acid groups (broad SMARTS) is 1. The molecule has 39 heavy (non-hydrogen) atoms. The first-order valence-corrected chi connectivity index (χ1v) is 14.4. The summed E-state index contributed by atoms with van der Waals surface area (Å²) in [5.74, 6) is -0.0429. The largest absolute Gasteiger partial charge is 0.493 e. The number of aromatic nitrogens is 3. The Morgan fingerprint density at radius 2 is 2.03 bits per heavy atom. The van der Waals surface area contributed by atoms with E-state index in [-0.39, 0.29) is 0 Å². The average molecular weight is 636 g/mol. The average Bonchev–Trinajstić information content (AvgIpc) is 3.44. The summed E-state index contributed by atoms with van der Waals surface area (Å²) < 4.78 is 15.3. The highest BCUT2D eigenvalue weighted by Crippen LogP contribution is 2.38. The number of aromatic carboxylic acids is 1. The maximum absolute atomic E-state index is 12.7. The van der Waals surface area contributed by atoms with Crippen molar-refractivity contribution in [1.82, 2.24) is 14.8 Å². The molecule has 3 heterocycles. The number of benzene rings is 3. The number of fused-ring (bicyclic) bond motifs is 3. The lowest BCUT2D eigenvalue weighted by Gasteiger charge is -2.12. The Labute approximate surface area is 240 Å². The molecule has 3 aromatic carbocycles. The van der Waals surface area contributed by atoms with Crippen LogP contribution in [-0.4, -0.2) is 39.1 Å². The third kappa shape index (κ3) is 4.91. The molecule has 1 aliphatic heterocycles. The van der Waals surface area contributed by atoms with Crippen LogP contribution in [0.25, 0.3) is 32.8 Å². The summed E-state index contributed by atoms with van der Waals surface area (Å²) in [5.41, 5.74) is 6.00. The van der Waals surface area contributed by atoms with Gasteiger partial charge in [0, 0.05) is 44.3 Å². The third-order valence-corrected chi connectivity index (χ3v) is 8.14. The molecule has 0 spiro atoms. The second-order valence-electron chi connectivity index (χ2n) is 9.99. The first kappa shape index (κ1) is 25.9. The number of ether oxygens (including phenoxy) is 2. The highest BCUT2D eigenvalue weighted by molar-refractivity contribution is 14.1. The Morgan fingerprint density at radius 3 is 2.90 bits per heavy atom. The zero-order chi connectivity index (χ0) is 26.9. The van der Waals surface area contributed by atoms with Crippen LogP contribution in [-0.2, 0) is 24.3 Å². The van der Waals surface area contributed by atoms with Gasteiger partial charge in [0.2, 0.25) is 0 Å². The Balaban J connectivity index is 1.36. The van der Waals surface area contributed by atoms with E-state index >= 15 is 0 Å². The quantitative estimate of drug-likeness (QED) is 0.153. The van der Waals surface area contributed by atoms with E-state index in [0.717, 1.165) is 68.3 Å². The molecule has 6 rings (SSSR count). The van der Waals surface area contributed by atoms with E-state index in [1.165, 1.54) is 3.57 Å². The normalized spacial score (nSPS) is 13.8. The fourth-order valence-corrected chi connectivity index (χ4v) is 6.28. The van der Waals surface area contributed by atoms with E-state index in [0.29, 0.717) is 44.9 Å². The van der Waals surface area contributed by atoms with Crippen molar-refractivity contribution in [2.75, 3.05) is 13.2 Å². The molecule has 0 atom stereocenters. The van der Waals surface area contributed by atoms with Crippen LogP contribution in [0.15, 0.2) is 54.6 Å². The second kappa shape index (κ2) is 11.0. The molecule has 2 aromatic heterocycles. The molecule has 0 radical (unpaired) electrons. The minimum absolute atomic E-state index is 0.375. The highest BCUT2D eigenvalue weighted by atomic mass is 127. The standard InChI is InChI=1S/C31H30IN3O4/c1-19-28-25-9-5-8-23-24(10-6-16-39-27-11-4-7-20-17-21(32)12-13-22(20)27)30(31(36)37)35(29(23)25)14-2-3-15-38-18-26(28)34-33-19/h4-5,7-9,11-13,17H,2-3,6,10,14-16,18H2,1H3,(H,33,34)(H,36,37). The Bertz CT molecular complexity index is 1690. The van der Waals surface area contributed by atoms with Gasteiger partial charge in [-0.25, -0.2) is 4.79 Å². The zero-order valence-electron chi connectivity index (χ0n) is 21.8. The predicted octanol–water partition coefficient (Wildman–Crippen LogP) is 7.12. The van der Waals surface area contributed by atoms with Crippen LogP contribution < -0.4 is 4.74 Å². The number of hydrogen-bond acceptors (Lipinski definition) is 4. The number of nitrogens with one attached hydrogen (secondary N) is 1. The minimum atomic E-state index is -0.896. The van der Waals surface area contributed by atoms with Gasteiger partial charge in [-0.1, -0.05) is 30.3 Å². The Hall–Kier alpha value is -3.37. The summed E-state index contributed by atoms with van der Waals surface area (Å²) in [7, 11) is 0. The van der Waals surface area contributed by atoms with Gasteiger partial charge in [-0.15, -0.1) is 0 Å². The molecule has 200 valence electrons. The van der Waals surface area contributed by atoms with Gasteiger partial charge in [0.1, 0.15) is 11.4 Å². The second-order valence-corrected chi connectivity index (χ2v) is 11.2.